The Morgan fingerprint density at radius 3 is 2.32 bits per heavy atom. The van der Waals surface area contributed by atoms with Crippen molar-refractivity contribution in [2.24, 2.45) is 40.4 Å². The number of aliphatic hydroxyl groups excluding tert-OH is 1. The standard InChI is InChI=1S/C27H44ClNO3.CH4O3S/c1-25(2)16-29(11-12-32-25)22-14-27(4)17(13-23(22)30)5-6-18-19-7-8-21(24(31)15-28)26(19,3)10-9-20(18)27;1-5(2,3)4/h17-23,30H,5-16H2,1-4H3;1H3,(H,2,3,4)/t17-,18-,19-,20-,21+,22-,23-,26-,27-;/m0./s1. The van der Waals surface area contributed by atoms with Crippen LogP contribution in [0.15, 0.2) is 0 Å². The molecule has 5 rings (SSSR count). The molecule has 1 saturated heterocycles. The number of hydrogen-bond acceptors (Lipinski definition) is 6. The Balaban J connectivity index is 0.000000586. The van der Waals surface area contributed by atoms with Crippen LogP contribution in [0.25, 0.3) is 0 Å². The maximum absolute atomic E-state index is 12.7. The van der Waals surface area contributed by atoms with Crippen molar-refractivity contribution in [1.29, 1.82) is 0 Å². The predicted molar refractivity (Wildman–Crippen MR) is 145 cm³/mol. The van der Waals surface area contributed by atoms with E-state index in [1.165, 1.54) is 32.1 Å². The molecule has 0 aromatic rings. The predicted octanol–water partition coefficient (Wildman–Crippen LogP) is 4.41. The number of hydrogen-bond donors (Lipinski definition) is 2. The van der Waals surface area contributed by atoms with Crippen LogP contribution in [0.4, 0.5) is 0 Å². The molecular formula is C28H48ClNO6S. The van der Waals surface area contributed by atoms with Gasteiger partial charge in [0, 0.05) is 25.0 Å². The van der Waals surface area contributed by atoms with E-state index in [1.54, 1.807) is 0 Å². The molecule has 4 aliphatic carbocycles. The lowest BCUT2D eigenvalue weighted by Gasteiger charge is -2.63. The Morgan fingerprint density at radius 2 is 1.70 bits per heavy atom. The zero-order valence-corrected chi connectivity index (χ0v) is 24.9. The van der Waals surface area contributed by atoms with Crippen molar-refractivity contribution in [3.63, 3.8) is 0 Å². The van der Waals surface area contributed by atoms with Crippen LogP contribution in [-0.4, -0.2) is 78.3 Å². The molecule has 0 aromatic heterocycles. The van der Waals surface area contributed by atoms with E-state index in [0.29, 0.717) is 23.5 Å². The highest BCUT2D eigenvalue weighted by molar-refractivity contribution is 7.85. The molecule has 0 aromatic carbocycles. The summed E-state index contributed by atoms with van der Waals surface area (Å²) >= 11 is 6.01. The second-order valence-corrected chi connectivity index (χ2v) is 15.6. The van der Waals surface area contributed by atoms with E-state index in [0.717, 1.165) is 50.8 Å². The van der Waals surface area contributed by atoms with E-state index in [4.69, 9.17) is 20.9 Å². The molecule has 9 heteroatoms. The number of carbonyl (C=O) groups excluding carboxylic acids is 1. The number of nitrogens with zero attached hydrogens (tertiary/aromatic N) is 1. The third kappa shape index (κ3) is 5.95. The van der Waals surface area contributed by atoms with Gasteiger partial charge in [0.05, 0.1) is 30.4 Å². The Bertz CT molecular complexity index is 950. The highest BCUT2D eigenvalue weighted by atomic mass is 35.5. The molecule has 9 atom stereocenters. The first-order valence-electron chi connectivity index (χ1n) is 14.2. The van der Waals surface area contributed by atoms with E-state index in [-0.39, 0.29) is 40.7 Å². The molecular weight excluding hydrogens is 514 g/mol. The van der Waals surface area contributed by atoms with Gasteiger partial charge in [0.15, 0.2) is 5.78 Å². The summed E-state index contributed by atoms with van der Waals surface area (Å²) in [6.07, 6.45) is 9.76. The molecule has 214 valence electrons. The lowest BCUT2D eigenvalue weighted by Crippen LogP contribution is -2.62. The van der Waals surface area contributed by atoms with Crippen molar-refractivity contribution in [3.05, 3.63) is 0 Å². The van der Waals surface area contributed by atoms with Gasteiger partial charge in [-0.15, -0.1) is 11.6 Å². The van der Waals surface area contributed by atoms with Crippen molar-refractivity contribution in [2.75, 3.05) is 31.8 Å². The first-order valence-corrected chi connectivity index (χ1v) is 16.5. The molecule has 0 amide bonds. The zero-order valence-electron chi connectivity index (χ0n) is 23.3. The number of ether oxygens (including phenoxy) is 1. The second-order valence-electron chi connectivity index (χ2n) is 13.8. The van der Waals surface area contributed by atoms with E-state index < -0.39 is 10.1 Å². The summed E-state index contributed by atoms with van der Waals surface area (Å²) in [4.78, 5) is 15.2. The normalized spacial score (nSPS) is 45.6. The summed E-state index contributed by atoms with van der Waals surface area (Å²) < 4.78 is 31.8. The van der Waals surface area contributed by atoms with Crippen LogP contribution in [0.2, 0.25) is 0 Å². The van der Waals surface area contributed by atoms with Crippen LogP contribution in [0.5, 0.6) is 0 Å². The summed E-state index contributed by atoms with van der Waals surface area (Å²) in [6, 6.07) is 0.251. The van der Waals surface area contributed by atoms with Crippen molar-refractivity contribution in [2.45, 2.75) is 96.8 Å². The van der Waals surface area contributed by atoms with E-state index in [9.17, 15) is 18.3 Å². The second kappa shape index (κ2) is 10.6. The van der Waals surface area contributed by atoms with Crippen LogP contribution in [0, 0.1) is 40.4 Å². The van der Waals surface area contributed by atoms with Crippen molar-refractivity contribution in [1.82, 2.24) is 4.90 Å². The maximum Gasteiger partial charge on any atom is 0.261 e. The summed E-state index contributed by atoms with van der Waals surface area (Å²) in [6.45, 7) is 11.9. The minimum Gasteiger partial charge on any atom is -0.391 e. The largest absolute Gasteiger partial charge is 0.391 e. The fourth-order valence-corrected chi connectivity index (χ4v) is 9.79. The van der Waals surface area contributed by atoms with E-state index in [1.807, 2.05) is 0 Å². The van der Waals surface area contributed by atoms with Gasteiger partial charge in [0.25, 0.3) is 10.1 Å². The molecule has 1 heterocycles. The topological polar surface area (TPSA) is 104 Å². The number of morpholine rings is 1. The first kappa shape index (κ1) is 29.7. The van der Waals surface area contributed by atoms with Gasteiger partial charge < -0.3 is 9.84 Å². The molecule has 0 bridgehead atoms. The third-order valence-electron chi connectivity index (χ3n) is 11.1. The van der Waals surface area contributed by atoms with E-state index >= 15 is 0 Å². The zero-order chi connectivity index (χ0) is 27.4. The quantitative estimate of drug-likeness (QED) is 0.388. The number of alkyl halides is 1. The Kier molecular flexibility index (Phi) is 8.53. The molecule has 5 aliphatic rings. The van der Waals surface area contributed by atoms with Gasteiger partial charge in [-0.2, -0.15) is 8.42 Å². The monoisotopic (exact) mass is 561 g/mol. The average molecular weight is 562 g/mol. The first-order chi connectivity index (χ1) is 17.1. The van der Waals surface area contributed by atoms with Crippen LogP contribution in [-0.2, 0) is 19.6 Å². The number of ketones is 1. The van der Waals surface area contributed by atoms with Crippen molar-refractivity contribution < 1.29 is 27.6 Å². The van der Waals surface area contributed by atoms with Crippen LogP contribution >= 0.6 is 11.6 Å². The SMILES string of the molecule is CC1(C)CN([C@H]2C[C@@]3(C)[C@@H](CC[C@@H]4[C@@H]3CC[C@]3(C)[C@@H](C(=O)CCl)CC[C@@H]43)C[C@@H]2O)CCO1.CS(=O)(=O)O. The fraction of sp³-hybridized carbons (Fsp3) is 0.964. The van der Waals surface area contributed by atoms with Gasteiger partial charge in [0.1, 0.15) is 0 Å². The molecule has 5 fully saturated rings. The van der Waals surface area contributed by atoms with Gasteiger partial charge >= 0.3 is 0 Å². The van der Waals surface area contributed by atoms with Gasteiger partial charge in [0.2, 0.25) is 0 Å². The minimum absolute atomic E-state index is 0.134. The maximum atomic E-state index is 12.7. The average Bonchev–Trinajstić information content (AvgIpc) is 3.14. The number of Topliss-reactive ketones (excluding diaryl/α,β-unsaturated/α-hetero) is 1. The van der Waals surface area contributed by atoms with E-state index in [2.05, 4.69) is 32.6 Å². The van der Waals surface area contributed by atoms with Crippen molar-refractivity contribution in [3.8, 4) is 0 Å². The summed E-state index contributed by atoms with van der Waals surface area (Å²) in [5, 5.41) is 11.2. The Labute approximate surface area is 228 Å². The number of fused-ring (bicyclic) bond motifs is 5. The number of halogens is 1. The summed E-state index contributed by atoms with van der Waals surface area (Å²) in [5.41, 5.74) is 0.314. The highest BCUT2D eigenvalue weighted by Crippen LogP contribution is 2.67. The molecule has 0 radical (unpaired) electrons. The molecule has 37 heavy (non-hydrogen) atoms. The smallest absolute Gasteiger partial charge is 0.261 e. The molecule has 1 aliphatic heterocycles. The molecule has 4 saturated carbocycles. The van der Waals surface area contributed by atoms with Gasteiger partial charge in [-0.25, -0.2) is 0 Å². The summed E-state index contributed by atoms with van der Waals surface area (Å²) in [5.74, 6) is 3.40. The minimum atomic E-state index is -3.67. The molecule has 0 spiro atoms. The van der Waals surface area contributed by atoms with Crippen molar-refractivity contribution >= 4 is 27.5 Å². The van der Waals surface area contributed by atoms with Crippen LogP contribution < -0.4 is 0 Å². The lowest BCUT2D eigenvalue weighted by atomic mass is 9.44. The highest BCUT2D eigenvalue weighted by Gasteiger charge is 2.62. The Hall–Kier alpha value is -0.250. The number of aliphatic hydroxyl groups is 1. The van der Waals surface area contributed by atoms with Gasteiger partial charge in [-0.05, 0) is 99.7 Å². The third-order valence-corrected chi connectivity index (χ3v) is 11.4. The molecule has 2 N–H and O–H groups in total. The number of rotatable bonds is 3. The summed E-state index contributed by atoms with van der Waals surface area (Å²) in [7, 11) is -3.67. The number of carbonyl (C=O) groups is 1. The lowest BCUT2D eigenvalue weighted by molar-refractivity contribution is -0.169. The van der Waals surface area contributed by atoms with Crippen LogP contribution in [0.3, 0.4) is 0 Å². The molecule has 7 nitrogen and oxygen atoms in total. The molecule has 0 unspecified atom stereocenters. The fourth-order valence-electron chi connectivity index (χ4n) is 9.61. The van der Waals surface area contributed by atoms with Gasteiger partial charge in [-0.3, -0.25) is 14.2 Å². The Morgan fingerprint density at radius 1 is 1.05 bits per heavy atom. The van der Waals surface area contributed by atoms with Crippen LogP contribution in [0.1, 0.15) is 79.1 Å². The van der Waals surface area contributed by atoms with Gasteiger partial charge in [-0.1, -0.05) is 13.8 Å².